The summed E-state index contributed by atoms with van der Waals surface area (Å²) in [7, 11) is 0.371. The second-order valence-corrected chi connectivity index (χ2v) is 5.56. The highest BCUT2D eigenvalue weighted by molar-refractivity contribution is 7.91. The minimum atomic E-state index is -2.92. The molecule has 1 amide bonds. The Balaban J connectivity index is 2.65. The Morgan fingerprint density at radius 1 is 1.42 bits per heavy atom. The fraction of sp³-hybridized carbons (Fsp3) is 0.857. The Labute approximate surface area is 72.5 Å². The summed E-state index contributed by atoms with van der Waals surface area (Å²) in [4.78, 5) is 12.7. The van der Waals surface area contributed by atoms with Crippen LogP contribution in [0.15, 0.2) is 0 Å². The van der Waals surface area contributed by atoms with Crippen LogP contribution < -0.4 is 0 Å². The zero-order chi connectivity index (χ0) is 9.35. The molecule has 0 aromatic rings. The minimum Gasteiger partial charge on any atom is -0.349 e. The lowest BCUT2D eigenvalue weighted by molar-refractivity contribution is -0.132. The highest BCUT2D eigenvalue weighted by Gasteiger charge is 2.33. The summed E-state index contributed by atoms with van der Waals surface area (Å²) in [5.74, 6) is -0.178. The van der Waals surface area contributed by atoms with Gasteiger partial charge in [0.25, 0.3) is 0 Å². The van der Waals surface area contributed by atoms with Gasteiger partial charge in [0.1, 0.15) is 0 Å². The number of carbonyl (C=O) groups is 1. The molecule has 12 heavy (non-hydrogen) atoms. The zero-order valence-electron chi connectivity index (χ0n) is 7.28. The number of amides is 1. The van der Waals surface area contributed by atoms with Gasteiger partial charge >= 0.3 is 0 Å². The summed E-state index contributed by atoms with van der Waals surface area (Å²) in [6, 6.07) is 0. The Kier molecular flexibility index (Phi) is 2.41. The van der Waals surface area contributed by atoms with Crippen LogP contribution in [0.2, 0.25) is 0 Å². The maximum Gasteiger partial charge on any atom is 0.226 e. The molecule has 1 saturated heterocycles. The molecule has 1 aliphatic heterocycles. The van der Waals surface area contributed by atoms with Crippen LogP contribution in [0.5, 0.6) is 0 Å². The smallest absolute Gasteiger partial charge is 0.226 e. The van der Waals surface area contributed by atoms with Crippen molar-refractivity contribution in [1.29, 1.82) is 0 Å². The monoisotopic (exact) mass is 191 g/mol. The third kappa shape index (κ3) is 1.97. The number of nitrogens with zero attached hydrogens (tertiary/aromatic N) is 1. The lowest BCUT2D eigenvalue weighted by Crippen LogP contribution is -2.30. The van der Waals surface area contributed by atoms with Gasteiger partial charge in [0.05, 0.1) is 17.4 Å². The number of rotatable bonds is 1. The average Bonchev–Trinajstić information content (AvgIpc) is 2.28. The molecule has 4 nitrogen and oxygen atoms in total. The lowest BCUT2D eigenvalue weighted by Gasteiger charge is -2.13. The summed E-state index contributed by atoms with van der Waals surface area (Å²) in [5, 5.41) is 0. The third-order valence-electron chi connectivity index (χ3n) is 2.02. The van der Waals surface area contributed by atoms with Crippen LogP contribution in [0.25, 0.3) is 0 Å². The quantitative estimate of drug-likeness (QED) is 0.562. The van der Waals surface area contributed by atoms with Gasteiger partial charge in [-0.2, -0.15) is 0 Å². The summed E-state index contributed by atoms with van der Waals surface area (Å²) < 4.78 is 22.0. The molecule has 0 bridgehead atoms. The van der Waals surface area contributed by atoms with Crippen molar-refractivity contribution < 1.29 is 13.2 Å². The van der Waals surface area contributed by atoms with E-state index in [0.29, 0.717) is 6.42 Å². The van der Waals surface area contributed by atoms with E-state index in [0.717, 1.165) is 0 Å². The van der Waals surface area contributed by atoms with Gasteiger partial charge in [0.2, 0.25) is 5.91 Å². The molecule has 0 aromatic heterocycles. The van der Waals surface area contributed by atoms with E-state index in [4.69, 9.17) is 0 Å². The van der Waals surface area contributed by atoms with Crippen molar-refractivity contribution in [3.05, 3.63) is 0 Å². The van der Waals surface area contributed by atoms with E-state index in [9.17, 15) is 13.2 Å². The number of carbonyl (C=O) groups excluding carboxylic acids is 1. The van der Waals surface area contributed by atoms with Crippen LogP contribution in [0, 0.1) is 5.92 Å². The Morgan fingerprint density at radius 3 is 2.33 bits per heavy atom. The van der Waals surface area contributed by atoms with Crippen molar-refractivity contribution in [2.45, 2.75) is 6.42 Å². The second-order valence-electron chi connectivity index (χ2n) is 3.33. The number of hydrogen-bond donors (Lipinski definition) is 0. The molecule has 0 aromatic carbocycles. The molecule has 0 aliphatic carbocycles. The fourth-order valence-electron chi connectivity index (χ4n) is 1.35. The molecule has 1 heterocycles. The molecular weight excluding hydrogens is 178 g/mol. The maximum atomic E-state index is 11.3. The summed E-state index contributed by atoms with van der Waals surface area (Å²) in [5.41, 5.74) is 0. The van der Waals surface area contributed by atoms with Gasteiger partial charge in [-0.05, 0) is 6.42 Å². The van der Waals surface area contributed by atoms with E-state index in [-0.39, 0.29) is 23.3 Å². The molecule has 70 valence electrons. The predicted octanol–water partition coefficient (Wildman–Crippen LogP) is -0.491. The highest BCUT2D eigenvalue weighted by Crippen LogP contribution is 2.19. The van der Waals surface area contributed by atoms with Crippen LogP contribution in [0.3, 0.4) is 0 Å². The SMILES string of the molecule is CN(C)C(=O)C1CCS(=O)(=O)C1. The van der Waals surface area contributed by atoms with Crippen molar-refractivity contribution in [2.24, 2.45) is 5.92 Å². The van der Waals surface area contributed by atoms with E-state index in [1.54, 1.807) is 14.1 Å². The molecule has 1 unspecified atom stereocenters. The van der Waals surface area contributed by atoms with Crippen LogP contribution in [0.4, 0.5) is 0 Å². The molecule has 1 atom stereocenters. The van der Waals surface area contributed by atoms with Crippen molar-refractivity contribution >= 4 is 15.7 Å². The van der Waals surface area contributed by atoms with Gasteiger partial charge in [-0.3, -0.25) is 4.79 Å². The molecular formula is C7H13NO3S. The normalized spacial score (nSPS) is 27.0. The van der Waals surface area contributed by atoms with Crippen LogP contribution in [-0.4, -0.2) is 44.8 Å². The lowest BCUT2D eigenvalue weighted by atomic mass is 10.1. The first-order chi connectivity index (χ1) is 5.42. The van der Waals surface area contributed by atoms with Crippen molar-refractivity contribution in [3.63, 3.8) is 0 Å². The summed E-state index contributed by atoms with van der Waals surface area (Å²) >= 11 is 0. The summed E-state index contributed by atoms with van der Waals surface area (Å²) in [6.07, 6.45) is 0.485. The van der Waals surface area contributed by atoms with E-state index >= 15 is 0 Å². The fourth-order valence-corrected chi connectivity index (χ4v) is 3.09. The molecule has 0 saturated carbocycles. The Hall–Kier alpha value is -0.580. The molecule has 1 rings (SSSR count). The second kappa shape index (κ2) is 3.05. The maximum absolute atomic E-state index is 11.3. The average molecular weight is 191 g/mol. The first-order valence-electron chi connectivity index (χ1n) is 3.84. The van der Waals surface area contributed by atoms with Crippen LogP contribution in [-0.2, 0) is 14.6 Å². The molecule has 5 heteroatoms. The predicted molar refractivity (Wildman–Crippen MR) is 45.5 cm³/mol. The third-order valence-corrected chi connectivity index (χ3v) is 3.79. The Bertz CT molecular complexity index is 281. The standard InChI is InChI=1S/C7H13NO3S/c1-8(2)7(9)6-3-4-12(10,11)5-6/h6H,3-5H2,1-2H3. The zero-order valence-corrected chi connectivity index (χ0v) is 8.10. The largest absolute Gasteiger partial charge is 0.349 e. The topological polar surface area (TPSA) is 54.5 Å². The molecule has 1 aliphatic rings. The van der Waals surface area contributed by atoms with Crippen molar-refractivity contribution in [3.8, 4) is 0 Å². The Morgan fingerprint density at radius 2 is 2.00 bits per heavy atom. The van der Waals surface area contributed by atoms with E-state index in [1.165, 1.54) is 4.90 Å². The molecule has 0 N–H and O–H groups in total. The van der Waals surface area contributed by atoms with Gasteiger partial charge in [-0.25, -0.2) is 8.42 Å². The first kappa shape index (κ1) is 9.51. The van der Waals surface area contributed by atoms with Gasteiger partial charge in [-0.15, -0.1) is 0 Å². The summed E-state index contributed by atoms with van der Waals surface area (Å²) in [6.45, 7) is 0. The molecule has 0 spiro atoms. The van der Waals surface area contributed by atoms with Gasteiger partial charge in [0.15, 0.2) is 9.84 Å². The molecule has 1 fully saturated rings. The highest BCUT2D eigenvalue weighted by atomic mass is 32.2. The van der Waals surface area contributed by atoms with Gasteiger partial charge in [0, 0.05) is 14.1 Å². The van der Waals surface area contributed by atoms with Crippen LogP contribution >= 0.6 is 0 Å². The number of sulfone groups is 1. The van der Waals surface area contributed by atoms with E-state index in [2.05, 4.69) is 0 Å². The van der Waals surface area contributed by atoms with E-state index < -0.39 is 9.84 Å². The van der Waals surface area contributed by atoms with E-state index in [1.807, 2.05) is 0 Å². The molecule has 0 radical (unpaired) electrons. The van der Waals surface area contributed by atoms with Gasteiger partial charge < -0.3 is 4.90 Å². The minimum absolute atomic E-state index is 0.0318. The van der Waals surface area contributed by atoms with Crippen molar-refractivity contribution in [2.75, 3.05) is 25.6 Å². The number of hydrogen-bond acceptors (Lipinski definition) is 3. The first-order valence-corrected chi connectivity index (χ1v) is 5.66. The van der Waals surface area contributed by atoms with Gasteiger partial charge in [-0.1, -0.05) is 0 Å². The van der Waals surface area contributed by atoms with Crippen molar-refractivity contribution in [1.82, 2.24) is 4.90 Å². The van der Waals surface area contributed by atoms with Crippen LogP contribution in [0.1, 0.15) is 6.42 Å².